The normalized spacial score (nSPS) is 17.9. The Morgan fingerprint density at radius 2 is 1.83 bits per heavy atom. The summed E-state index contributed by atoms with van der Waals surface area (Å²) in [4.78, 5) is 26.4. The van der Waals surface area contributed by atoms with Gasteiger partial charge in [-0.15, -0.1) is 4.40 Å². The van der Waals surface area contributed by atoms with Gasteiger partial charge >= 0.3 is 0 Å². The maximum atomic E-state index is 12.7. The first-order valence-electron chi connectivity index (χ1n) is 9.16. The summed E-state index contributed by atoms with van der Waals surface area (Å²) >= 11 is 0.984. The highest BCUT2D eigenvalue weighted by Gasteiger charge is 2.39. The number of carbonyl (C=O) groups excluding carboxylic acids is 2. The number of methoxy groups -OCH3 is 1. The Morgan fingerprint density at radius 3 is 2.43 bits per heavy atom. The highest BCUT2D eigenvalue weighted by Crippen LogP contribution is 2.31. The lowest BCUT2D eigenvalue weighted by Gasteiger charge is -2.13. The van der Waals surface area contributed by atoms with Crippen molar-refractivity contribution in [3.8, 4) is 5.75 Å². The molecule has 1 atom stereocenters. The molecule has 2 aromatic carbocycles. The molecule has 8 nitrogen and oxygen atoms in total. The van der Waals surface area contributed by atoms with E-state index in [4.69, 9.17) is 4.74 Å². The quantitative estimate of drug-likeness (QED) is 0.700. The van der Waals surface area contributed by atoms with Crippen LogP contribution in [0.25, 0.3) is 0 Å². The molecule has 0 bridgehead atoms. The highest BCUT2D eigenvalue weighted by atomic mass is 32.2. The number of benzene rings is 2. The van der Waals surface area contributed by atoms with Gasteiger partial charge in [-0.25, -0.2) is 0 Å². The number of nitrogens with zero attached hydrogens (tertiary/aromatic N) is 2. The Labute approximate surface area is 179 Å². The van der Waals surface area contributed by atoms with Crippen LogP contribution in [0.1, 0.15) is 13.3 Å². The summed E-state index contributed by atoms with van der Waals surface area (Å²) in [6.45, 7) is 1.98. The van der Waals surface area contributed by atoms with Crippen molar-refractivity contribution >= 4 is 44.5 Å². The number of anilines is 1. The molecule has 0 radical (unpaired) electrons. The smallest absolute Gasteiger partial charge is 0.284 e. The number of nitrogens with one attached hydrogen (secondary N) is 1. The molecule has 0 aliphatic carbocycles. The van der Waals surface area contributed by atoms with Gasteiger partial charge in [-0.3, -0.25) is 14.5 Å². The molecule has 3 rings (SSSR count). The largest absolute Gasteiger partial charge is 0.497 e. The third-order valence-electron chi connectivity index (χ3n) is 4.32. The molecule has 30 heavy (non-hydrogen) atoms. The van der Waals surface area contributed by atoms with E-state index in [0.29, 0.717) is 11.4 Å². The zero-order valence-electron chi connectivity index (χ0n) is 16.4. The standard InChI is InChI=1S/C20H21N3O5S2/c1-3-23-19(25)17(13-18(24)21-14-9-11-15(28-2)12-10-14)29-20(23)22-30(26,27)16-7-5-4-6-8-16/h4-12,17H,3,13H2,1-2H3,(H,21,24). The van der Waals surface area contributed by atoms with Gasteiger partial charge in [-0.05, 0) is 43.3 Å². The van der Waals surface area contributed by atoms with Crippen molar-refractivity contribution in [1.29, 1.82) is 0 Å². The summed E-state index contributed by atoms with van der Waals surface area (Å²) in [6, 6.07) is 14.6. The number of sulfonamides is 1. The third kappa shape index (κ3) is 5.00. The molecule has 1 aliphatic rings. The summed E-state index contributed by atoms with van der Waals surface area (Å²) < 4.78 is 34.0. The fourth-order valence-electron chi connectivity index (χ4n) is 2.80. The molecule has 1 aliphatic heterocycles. The Morgan fingerprint density at radius 1 is 1.17 bits per heavy atom. The first kappa shape index (κ1) is 21.8. The SMILES string of the molecule is CCN1C(=O)C(CC(=O)Nc2ccc(OC)cc2)SC1=NS(=O)(=O)c1ccccc1. The lowest BCUT2D eigenvalue weighted by atomic mass is 10.2. The lowest BCUT2D eigenvalue weighted by molar-refractivity contribution is -0.128. The molecule has 0 aromatic heterocycles. The first-order valence-corrected chi connectivity index (χ1v) is 11.5. The van der Waals surface area contributed by atoms with Gasteiger partial charge in [0.15, 0.2) is 5.17 Å². The van der Waals surface area contributed by atoms with Gasteiger partial charge < -0.3 is 10.1 Å². The van der Waals surface area contributed by atoms with Crippen LogP contribution in [0.5, 0.6) is 5.75 Å². The summed E-state index contributed by atoms with van der Waals surface area (Å²) in [7, 11) is -2.41. The number of hydrogen-bond acceptors (Lipinski definition) is 6. The lowest BCUT2D eigenvalue weighted by Crippen LogP contribution is -2.33. The topological polar surface area (TPSA) is 105 Å². The van der Waals surface area contributed by atoms with E-state index in [1.165, 1.54) is 17.0 Å². The molecule has 1 unspecified atom stereocenters. The summed E-state index contributed by atoms with van der Waals surface area (Å²) in [5.41, 5.74) is 0.573. The number of carbonyl (C=O) groups is 2. The minimum absolute atomic E-state index is 0.0438. The second-order valence-corrected chi connectivity index (χ2v) is 9.11. The zero-order chi connectivity index (χ0) is 21.7. The van der Waals surface area contributed by atoms with Crippen LogP contribution in [0.15, 0.2) is 63.9 Å². The molecule has 1 N–H and O–H groups in total. The highest BCUT2D eigenvalue weighted by molar-refractivity contribution is 8.16. The second kappa shape index (κ2) is 9.31. The fourth-order valence-corrected chi connectivity index (χ4v) is 5.24. The van der Waals surface area contributed by atoms with E-state index in [-0.39, 0.29) is 34.8 Å². The average molecular weight is 448 g/mol. The van der Waals surface area contributed by atoms with E-state index in [0.717, 1.165) is 11.8 Å². The number of hydrogen-bond donors (Lipinski definition) is 1. The third-order valence-corrected chi connectivity index (χ3v) is 6.89. The monoisotopic (exact) mass is 447 g/mol. The van der Waals surface area contributed by atoms with E-state index in [9.17, 15) is 18.0 Å². The Balaban J connectivity index is 1.72. The van der Waals surface area contributed by atoms with Crippen LogP contribution in [-0.4, -0.2) is 49.2 Å². The maximum Gasteiger partial charge on any atom is 0.284 e. The summed E-state index contributed by atoms with van der Waals surface area (Å²) in [6.07, 6.45) is -0.101. The van der Waals surface area contributed by atoms with E-state index in [1.807, 2.05) is 0 Å². The molecule has 10 heteroatoms. The van der Waals surface area contributed by atoms with Crippen molar-refractivity contribution in [3.63, 3.8) is 0 Å². The van der Waals surface area contributed by atoms with Gasteiger partial charge in [0.1, 0.15) is 11.0 Å². The van der Waals surface area contributed by atoms with Crippen molar-refractivity contribution < 1.29 is 22.7 Å². The number of amides is 2. The minimum Gasteiger partial charge on any atom is -0.497 e. The van der Waals surface area contributed by atoms with Crippen LogP contribution in [0.3, 0.4) is 0 Å². The van der Waals surface area contributed by atoms with Crippen molar-refractivity contribution in [2.75, 3.05) is 19.0 Å². The van der Waals surface area contributed by atoms with Gasteiger partial charge in [-0.1, -0.05) is 30.0 Å². The van der Waals surface area contributed by atoms with E-state index in [1.54, 1.807) is 56.5 Å². The summed E-state index contributed by atoms with van der Waals surface area (Å²) in [5, 5.41) is 2.06. The van der Waals surface area contributed by atoms with E-state index < -0.39 is 15.3 Å². The molecule has 0 saturated carbocycles. The molecule has 1 saturated heterocycles. The molecule has 1 fully saturated rings. The number of amidine groups is 1. The van der Waals surface area contributed by atoms with Gasteiger partial charge in [0.2, 0.25) is 11.8 Å². The fraction of sp³-hybridized carbons (Fsp3) is 0.250. The predicted molar refractivity (Wildman–Crippen MR) is 116 cm³/mol. The molecule has 2 amide bonds. The number of thioether (sulfide) groups is 1. The Bertz CT molecular complexity index is 1050. The summed E-state index contributed by atoms with van der Waals surface area (Å²) in [5.74, 6) is -0.0304. The van der Waals surface area contributed by atoms with E-state index >= 15 is 0 Å². The Hall–Kier alpha value is -2.85. The molecule has 158 valence electrons. The predicted octanol–water partition coefficient (Wildman–Crippen LogP) is 2.73. The maximum absolute atomic E-state index is 12.7. The first-order chi connectivity index (χ1) is 14.3. The van der Waals surface area contributed by atoms with Crippen LogP contribution in [0, 0.1) is 0 Å². The minimum atomic E-state index is -3.96. The molecule has 0 spiro atoms. The average Bonchev–Trinajstić information content (AvgIpc) is 3.02. The van der Waals surface area contributed by atoms with Gasteiger partial charge in [0, 0.05) is 18.7 Å². The van der Waals surface area contributed by atoms with E-state index in [2.05, 4.69) is 9.71 Å². The van der Waals surface area contributed by atoms with Crippen LogP contribution in [0.2, 0.25) is 0 Å². The van der Waals surface area contributed by atoms with Gasteiger partial charge in [0.25, 0.3) is 10.0 Å². The van der Waals surface area contributed by atoms with Gasteiger partial charge in [-0.2, -0.15) is 8.42 Å². The number of rotatable bonds is 7. The van der Waals surface area contributed by atoms with Crippen molar-refractivity contribution in [2.45, 2.75) is 23.5 Å². The number of ether oxygens (including phenoxy) is 1. The second-order valence-electron chi connectivity index (χ2n) is 6.33. The zero-order valence-corrected chi connectivity index (χ0v) is 18.1. The van der Waals surface area contributed by atoms with Crippen LogP contribution < -0.4 is 10.1 Å². The Kier molecular flexibility index (Phi) is 6.78. The molecular formula is C20H21N3O5S2. The van der Waals surface area contributed by atoms with Crippen molar-refractivity contribution in [2.24, 2.45) is 4.40 Å². The molecule has 2 aromatic rings. The molecule has 1 heterocycles. The van der Waals surface area contributed by atoms with Crippen LogP contribution >= 0.6 is 11.8 Å². The van der Waals surface area contributed by atoms with Crippen molar-refractivity contribution in [3.05, 3.63) is 54.6 Å². The van der Waals surface area contributed by atoms with Crippen LogP contribution in [0.4, 0.5) is 5.69 Å². The van der Waals surface area contributed by atoms with Crippen molar-refractivity contribution in [1.82, 2.24) is 4.90 Å². The van der Waals surface area contributed by atoms with Gasteiger partial charge in [0.05, 0.1) is 12.0 Å². The van der Waals surface area contributed by atoms with Crippen LogP contribution in [-0.2, 0) is 19.6 Å². The molecular weight excluding hydrogens is 426 g/mol.